The Balaban J connectivity index is 0.962. The van der Waals surface area contributed by atoms with Crippen molar-refractivity contribution in [3.63, 3.8) is 0 Å². The van der Waals surface area contributed by atoms with Crippen molar-refractivity contribution in [2.75, 3.05) is 44.2 Å². The monoisotopic (exact) mass is 691 g/mol. The second kappa shape index (κ2) is 13.2. The van der Waals surface area contributed by atoms with Gasteiger partial charge in [0.15, 0.2) is 11.6 Å². The molecule has 2 aromatic carbocycles. The van der Waals surface area contributed by atoms with E-state index < -0.39 is 15.8 Å². The van der Waals surface area contributed by atoms with Gasteiger partial charge in [0.25, 0.3) is 5.91 Å². The van der Waals surface area contributed by atoms with E-state index in [9.17, 15) is 17.6 Å². The number of halogens is 1. The van der Waals surface area contributed by atoms with Crippen molar-refractivity contribution < 1.29 is 22.3 Å². The van der Waals surface area contributed by atoms with Crippen molar-refractivity contribution >= 4 is 21.7 Å². The van der Waals surface area contributed by atoms with E-state index in [1.165, 1.54) is 24.5 Å². The summed E-state index contributed by atoms with van der Waals surface area (Å²) in [5, 5.41) is 3.37. The SMILES string of the molecule is CC(C)N(C(=O)c1cc(F)ccc1Oc1cncnc1N1CC2(CCN(Cc3ccc(S(=O)(=O)N4C[C@H]5C[C@@H]4CN5)cc3)CC2)C1)C(C)C. The Morgan fingerprint density at radius 1 is 1.06 bits per heavy atom. The molecule has 11 nitrogen and oxygen atoms in total. The van der Waals surface area contributed by atoms with E-state index >= 15 is 0 Å². The molecule has 1 N–H and O–H groups in total. The first-order chi connectivity index (χ1) is 23.4. The van der Waals surface area contributed by atoms with Gasteiger partial charge in [0.2, 0.25) is 10.0 Å². The average molecular weight is 692 g/mol. The Bertz CT molecular complexity index is 1780. The van der Waals surface area contributed by atoms with Crippen LogP contribution in [0.5, 0.6) is 11.5 Å². The average Bonchev–Trinajstić information content (AvgIpc) is 3.70. The van der Waals surface area contributed by atoms with Crippen LogP contribution in [0.15, 0.2) is 59.9 Å². The van der Waals surface area contributed by atoms with Crippen LogP contribution in [-0.2, 0) is 16.6 Å². The second-order valence-electron chi connectivity index (χ2n) is 14.7. The number of fused-ring (bicyclic) bond motifs is 2. The van der Waals surface area contributed by atoms with Gasteiger partial charge in [0.05, 0.1) is 16.7 Å². The number of carbonyl (C=O) groups excluding carboxylic acids is 1. The Kier molecular flexibility index (Phi) is 9.14. The number of piperazine rings is 1. The Morgan fingerprint density at radius 3 is 2.41 bits per heavy atom. The van der Waals surface area contributed by atoms with Crippen LogP contribution in [0.3, 0.4) is 0 Å². The molecule has 0 unspecified atom stereocenters. The Morgan fingerprint density at radius 2 is 1.78 bits per heavy atom. The zero-order valence-electron chi connectivity index (χ0n) is 28.7. The van der Waals surface area contributed by atoms with Crippen LogP contribution in [-0.4, -0.2) is 102 Å². The second-order valence-corrected chi connectivity index (χ2v) is 16.6. The molecule has 1 aromatic heterocycles. The zero-order valence-corrected chi connectivity index (χ0v) is 29.5. The predicted octanol–water partition coefficient (Wildman–Crippen LogP) is 4.50. The fourth-order valence-corrected chi connectivity index (χ4v) is 9.77. The summed E-state index contributed by atoms with van der Waals surface area (Å²) in [4.78, 5) is 29.0. The molecule has 2 bridgehead atoms. The number of likely N-dealkylation sites (tertiary alicyclic amines) is 1. The fraction of sp³-hybridized carbons (Fsp3) is 0.528. The molecule has 5 heterocycles. The third kappa shape index (κ3) is 6.65. The van der Waals surface area contributed by atoms with E-state index in [-0.39, 0.29) is 46.8 Å². The summed E-state index contributed by atoms with van der Waals surface area (Å²) >= 11 is 0. The van der Waals surface area contributed by atoms with Gasteiger partial charge in [-0.3, -0.25) is 9.69 Å². The summed E-state index contributed by atoms with van der Waals surface area (Å²) in [6.07, 6.45) is 6.07. The first-order valence-electron chi connectivity index (χ1n) is 17.3. The summed E-state index contributed by atoms with van der Waals surface area (Å²) < 4.78 is 48.8. The lowest BCUT2D eigenvalue weighted by Crippen LogP contribution is -2.60. The van der Waals surface area contributed by atoms with Gasteiger partial charge in [-0.15, -0.1) is 0 Å². The van der Waals surface area contributed by atoms with Crippen molar-refractivity contribution in [2.24, 2.45) is 5.41 Å². The lowest BCUT2D eigenvalue weighted by Gasteiger charge is -2.54. The fourth-order valence-electron chi connectivity index (χ4n) is 8.09. The van der Waals surface area contributed by atoms with Crippen LogP contribution in [0.4, 0.5) is 10.2 Å². The van der Waals surface area contributed by atoms with Gasteiger partial charge in [0, 0.05) is 62.3 Å². The minimum atomic E-state index is -3.47. The topological polar surface area (TPSA) is 111 Å². The maximum Gasteiger partial charge on any atom is 0.258 e. The zero-order chi connectivity index (χ0) is 34.5. The maximum absolute atomic E-state index is 14.4. The number of aromatic nitrogens is 2. The van der Waals surface area contributed by atoms with E-state index in [2.05, 4.69) is 25.1 Å². The number of benzene rings is 2. The number of anilines is 1. The molecule has 1 amide bonds. The predicted molar refractivity (Wildman–Crippen MR) is 185 cm³/mol. The first-order valence-corrected chi connectivity index (χ1v) is 18.8. The number of hydrogen-bond donors (Lipinski definition) is 1. The summed E-state index contributed by atoms with van der Waals surface area (Å²) in [5.74, 6) is 0.554. The largest absolute Gasteiger partial charge is 0.451 e. The summed E-state index contributed by atoms with van der Waals surface area (Å²) in [6, 6.07) is 11.6. The Hall–Kier alpha value is -3.65. The molecule has 0 radical (unpaired) electrons. The lowest BCUT2D eigenvalue weighted by atomic mass is 9.72. The van der Waals surface area contributed by atoms with Gasteiger partial charge in [-0.2, -0.15) is 4.31 Å². The molecule has 3 aromatic rings. The molecule has 4 fully saturated rings. The highest BCUT2D eigenvalue weighted by Crippen LogP contribution is 2.45. The molecule has 4 saturated heterocycles. The van der Waals surface area contributed by atoms with Gasteiger partial charge < -0.3 is 19.9 Å². The van der Waals surface area contributed by atoms with E-state index in [1.807, 2.05) is 39.8 Å². The van der Waals surface area contributed by atoms with Crippen molar-refractivity contribution in [1.82, 2.24) is 29.4 Å². The molecule has 262 valence electrons. The van der Waals surface area contributed by atoms with Crippen LogP contribution < -0.4 is 15.0 Å². The van der Waals surface area contributed by atoms with Crippen molar-refractivity contribution in [1.29, 1.82) is 0 Å². The molecule has 1 spiro atoms. The van der Waals surface area contributed by atoms with E-state index in [4.69, 9.17) is 4.74 Å². The molecule has 0 aliphatic carbocycles. The standard InChI is InChI=1S/C36H46FN7O4S/c1-24(2)44(25(3)4)35(45)31-15-27(37)7-10-32(31)48-33-18-38-23-40-34(33)42-21-36(22-42)11-13-41(14-12-36)19-26-5-8-30(9-6-26)49(46,47)43-20-28-16-29(43)17-39-28/h5-10,15,18,23-25,28-29,39H,11-14,16-17,19-22H2,1-4H3/t28-,29-/m1/s1. The quantitative estimate of drug-likeness (QED) is 0.329. The molecule has 4 aliphatic rings. The van der Waals surface area contributed by atoms with Gasteiger partial charge in [-0.25, -0.2) is 22.8 Å². The molecule has 13 heteroatoms. The Labute approximate surface area is 288 Å². The number of piperidine rings is 1. The van der Waals surface area contributed by atoms with Crippen molar-refractivity contribution in [2.45, 2.75) is 82.6 Å². The van der Waals surface area contributed by atoms with Crippen molar-refractivity contribution in [3.8, 4) is 11.5 Å². The number of amides is 1. The number of ether oxygens (including phenoxy) is 1. The third-order valence-corrected chi connectivity index (χ3v) is 12.5. The molecule has 2 atom stereocenters. The van der Waals surface area contributed by atoms with E-state index in [1.54, 1.807) is 27.5 Å². The minimum absolute atomic E-state index is 0.0650. The maximum atomic E-state index is 14.4. The molecule has 4 aliphatic heterocycles. The number of carbonyl (C=O) groups is 1. The van der Waals surface area contributed by atoms with Crippen LogP contribution in [0.1, 0.15) is 62.9 Å². The van der Waals surface area contributed by atoms with E-state index in [0.29, 0.717) is 23.0 Å². The van der Waals surface area contributed by atoms with Crippen molar-refractivity contribution in [3.05, 3.63) is 71.9 Å². The normalized spacial score (nSPS) is 22.2. The van der Waals surface area contributed by atoms with Gasteiger partial charge >= 0.3 is 0 Å². The van der Waals surface area contributed by atoms with Gasteiger partial charge in [0.1, 0.15) is 17.9 Å². The number of hydrogen-bond acceptors (Lipinski definition) is 9. The number of nitrogens with one attached hydrogen (secondary N) is 1. The van der Waals surface area contributed by atoms with Gasteiger partial charge in [-0.05, 0) is 95.9 Å². The van der Waals surface area contributed by atoms with Crippen LogP contribution in [0, 0.1) is 11.2 Å². The number of rotatable bonds is 10. The first kappa shape index (κ1) is 33.8. The lowest BCUT2D eigenvalue weighted by molar-refractivity contribution is 0.0640. The minimum Gasteiger partial charge on any atom is -0.451 e. The highest BCUT2D eigenvalue weighted by Gasteiger charge is 2.46. The highest BCUT2D eigenvalue weighted by atomic mass is 32.2. The van der Waals surface area contributed by atoms with Crippen LogP contribution >= 0.6 is 0 Å². The molecular weight excluding hydrogens is 646 g/mol. The van der Waals surface area contributed by atoms with Gasteiger partial charge in [-0.1, -0.05) is 12.1 Å². The number of nitrogens with zero attached hydrogens (tertiary/aromatic N) is 6. The molecule has 0 saturated carbocycles. The molecule has 49 heavy (non-hydrogen) atoms. The van der Waals surface area contributed by atoms with Crippen LogP contribution in [0.2, 0.25) is 0 Å². The van der Waals surface area contributed by atoms with E-state index in [0.717, 1.165) is 64.1 Å². The summed E-state index contributed by atoms with van der Waals surface area (Å²) in [7, 11) is -3.47. The van der Waals surface area contributed by atoms with Crippen LogP contribution in [0.25, 0.3) is 0 Å². The summed E-state index contributed by atoms with van der Waals surface area (Å²) in [6.45, 7) is 13.4. The number of sulfonamides is 1. The molecular formula is C36H46FN7O4S. The molecule has 7 rings (SSSR count). The highest BCUT2D eigenvalue weighted by molar-refractivity contribution is 7.89. The third-order valence-electron chi connectivity index (χ3n) is 10.6. The smallest absolute Gasteiger partial charge is 0.258 e. The summed E-state index contributed by atoms with van der Waals surface area (Å²) in [5.41, 5.74) is 1.45.